The standard InChI is InChI=1S/C20H35N7O6S2.C14H23NO/c1-5-22-24-19(35)25-23-16(29)11-27(13-18(32)33)7-6-26(12-17(30)31)10-15(28)21-9-14(34)8-20(2,3)4;1-12-7-6-8-13(9-12)16-11-15(5)10-14(2,3)4/h5H,6-13H2,1-4H3,(H,21,28)(H,23,29)(H,30,31)(H,32,33)(H2,24,25,35);6-9H,10-11H2,1-5H3/b22-5+;. The van der Waals surface area contributed by atoms with Crippen LogP contribution >= 0.6 is 24.4 Å². The summed E-state index contributed by atoms with van der Waals surface area (Å²) in [5.74, 6) is -2.37. The van der Waals surface area contributed by atoms with Crippen molar-refractivity contribution in [2.45, 2.75) is 61.8 Å². The Morgan fingerprint density at radius 2 is 1.45 bits per heavy atom. The number of carboxylic acids is 2. The zero-order chi connectivity index (χ0) is 39.2. The van der Waals surface area contributed by atoms with Crippen molar-refractivity contribution >= 4 is 64.4 Å². The van der Waals surface area contributed by atoms with Gasteiger partial charge in [0.25, 0.3) is 5.91 Å². The number of aryl methyl sites for hydroxylation is 1. The number of hydrazine groups is 1. The summed E-state index contributed by atoms with van der Waals surface area (Å²) in [6, 6.07) is 8.16. The van der Waals surface area contributed by atoms with Crippen LogP contribution < -0.4 is 26.3 Å². The molecular formula is C34H58N8O7S2. The van der Waals surface area contributed by atoms with Gasteiger partial charge in [-0.1, -0.05) is 65.9 Å². The smallest absolute Gasteiger partial charge is 0.317 e. The zero-order valence-electron chi connectivity index (χ0n) is 31.5. The summed E-state index contributed by atoms with van der Waals surface area (Å²) in [6.45, 7) is 17.0. The molecule has 1 aromatic rings. The maximum absolute atomic E-state index is 12.3. The fourth-order valence-corrected chi connectivity index (χ4v) is 5.08. The van der Waals surface area contributed by atoms with E-state index in [1.807, 2.05) is 32.9 Å². The van der Waals surface area contributed by atoms with Gasteiger partial charge in [-0.3, -0.25) is 50.2 Å². The van der Waals surface area contributed by atoms with Gasteiger partial charge < -0.3 is 20.3 Å². The van der Waals surface area contributed by atoms with Crippen LogP contribution in [0.15, 0.2) is 29.4 Å². The minimum absolute atomic E-state index is 0.0164. The number of carbonyl (C=O) groups is 4. The second kappa shape index (κ2) is 24.4. The fourth-order valence-electron chi connectivity index (χ4n) is 4.47. The van der Waals surface area contributed by atoms with E-state index in [1.165, 1.54) is 21.6 Å². The van der Waals surface area contributed by atoms with Gasteiger partial charge in [-0.25, -0.2) is 0 Å². The molecule has 0 saturated carbocycles. The first-order chi connectivity index (χ1) is 23.6. The molecule has 0 bridgehead atoms. The quantitative estimate of drug-likeness (QED) is 0.0523. The Labute approximate surface area is 313 Å². The van der Waals surface area contributed by atoms with Crippen molar-refractivity contribution in [1.29, 1.82) is 0 Å². The van der Waals surface area contributed by atoms with Gasteiger partial charge in [0, 0.05) is 37.3 Å². The van der Waals surface area contributed by atoms with Gasteiger partial charge in [0.1, 0.15) is 12.5 Å². The van der Waals surface area contributed by atoms with E-state index >= 15 is 0 Å². The monoisotopic (exact) mass is 754 g/mol. The van der Waals surface area contributed by atoms with Crippen molar-refractivity contribution < 1.29 is 34.1 Å². The third-order valence-electron chi connectivity index (χ3n) is 6.19. The highest BCUT2D eigenvalue weighted by Crippen LogP contribution is 2.19. The lowest BCUT2D eigenvalue weighted by Gasteiger charge is -2.26. The van der Waals surface area contributed by atoms with Gasteiger partial charge in [0.2, 0.25) is 11.0 Å². The van der Waals surface area contributed by atoms with Crippen LogP contribution in [-0.2, 0) is 19.2 Å². The molecular weight excluding hydrogens is 697 g/mol. The Morgan fingerprint density at radius 1 is 0.882 bits per heavy atom. The molecule has 1 aromatic carbocycles. The molecule has 1 rings (SSSR count). The largest absolute Gasteiger partial charge is 0.480 e. The Kier molecular flexibility index (Phi) is 22.6. The molecule has 0 aliphatic carbocycles. The van der Waals surface area contributed by atoms with Crippen LogP contribution in [0.2, 0.25) is 0 Å². The summed E-state index contributed by atoms with van der Waals surface area (Å²) in [6.07, 6.45) is 2.10. The van der Waals surface area contributed by atoms with Crippen molar-refractivity contribution in [1.82, 2.24) is 36.3 Å². The van der Waals surface area contributed by atoms with Gasteiger partial charge in [0.15, 0.2) is 0 Å². The van der Waals surface area contributed by atoms with E-state index in [2.05, 4.69) is 78.5 Å². The minimum atomic E-state index is -1.17. The average Bonchev–Trinajstić information content (AvgIpc) is 2.97. The van der Waals surface area contributed by atoms with Crippen molar-refractivity contribution in [3.8, 4) is 5.75 Å². The molecule has 0 aliphatic rings. The molecule has 0 aliphatic heterocycles. The Bertz CT molecular complexity index is 1320. The number of carboxylic acid groups (broad SMARTS) is 2. The molecule has 0 unspecified atom stereocenters. The predicted molar refractivity (Wildman–Crippen MR) is 208 cm³/mol. The van der Waals surface area contributed by atoms with Gasteiger partial charge in [-0.15, -0.1) is 0 Å². The third kappa shape index (κ3) is 28.6. The highest BCUT2D eigenvalue weighted by atomic mass is 32.1. The number of ether oxygens (including phenoxy) is 1. The summed E-state index contributed by atoms with van der Waals surface area (Å²) in [7, 11) is 2.08. The zero-order valence-corrected chi connectivity index (χ0v) is 33.1. The Hall–Kier alpha value is -3.77. The summed E-state index contributed by atoms with van der Waals surface area (Å²) < 4.78 is 5.72. The van der Waals surface area contributed by atoms with E-state index in [1.54, 1.807) is 6.92 Å². The number of rotatable bonds is 19. The lowest BCUT2D eigenvalue weighted by Crippen LogP contribution is -2.51. The third-order valence-corrected chi connectivity index (χ3v) is 6.67. The van der Waals surface area contributed by atoms with Crippen LogP contribution in [0.4, 0.5) is 0 Å². The molecule has 0 heterocycles. The van der Waals surface area contributed by atoms with Crippen molar-refractivity contribution in [2.75, 3.05) is 66.1 Å². The van der Waals surface area contributed by atoms with Crippen LogP contribution in [0.1, 0.15) is 60.5 Å². The van der Waals surface area contributed by atoms with Gasteiger partial charge in [-0.2, -0.15) is 5.10 Å². The van der Waals surface area contributed by atoms with Crippen LogP contribution in [0, 0.1) is 17.8 Å². The number of amides is 2. The number of hydrogen-bond acceptors (Lipinski definition) is 11. The molecule has 51 heavy (non-hydrogen) atoms. The normalized spacial score (nSPS) is 11.5. The van der Waals surface area contributed by atoms with Crippen molar-refractivity contribution in [3.05, 3.63) is 29.8 Å². The summed E-state index contributed by atoms with van der Waals surface area (Å²) >= 11 is 10.2. The van der Waals surface area contributed by atoms with Crippen LogP contribution in [0.25, 0.3) is 0 Å². The molecule has 6 N–H and O–H groups in total. The minimum Gasteiger partial charge on any atom is -0.480 e. The second-order valence-corrected chi connectivity index (χ2v) is 15.4. The molecule has 2 amide bonds. The molecule has 15 nitrogen and oxygen atoms in total. The predicted octanol–water partition coefficient (Wildman–Crippen LogP) is 2.49. The second-order valence-electron chi connectivity index (χ2n) is 14.4. The van der Waals surface area contributed by atoms with E-state index in [0.29, 0.717) is 23.4 Å². The highest BCUT2D eigenvalue weighted by molar-refractivity contribution is 7.80. The first kappa shape index (κ1) is 47.2. The molecule has 0 fully saturated rings. The molecule has 17 heteroatoms. The molecule has 0 atom stereocenters. The summed E-state index contributed by atoms with van der Waals surface area (Å²) in [5.41, 5.74) is 8.68. The molecule has 0 saturated heterocycles. The van der Waals surface area contributed by atoms with E-state index in [0.717, 1.165) is 12.3 Å². The topological polar surface area (TPSA) is 188 Å². The van der Waals surface area contributed by atoms with Crippen LogP contribution in [0.3, 0.4) is 0 Å². The summed E-state index contributed by atoms with van der Waals surface area (Å²) in [4.78, 5) is 52.4. The Balaban J connectivity index is 0.00000129. The maximum atomic E-state index is 12.3. The van der Waals surface area contributed by atoms with Crippen LogP contribution in [-0.4, -0.2) is 131 Å². The summed E-state index contributed by atoms with van der Waals surface area (Å²) in [5, 5.41) is 24.7. The first-order valence-corrected chi connectivity index (χ1v) is 17.3. The van der Waals surface area contributed by atoms with Gasteiger partial charge in [0.05, 0.1) is 26.2 Å². The number of carbonyl (C=O) groups excluding carboxylic acids is 2. The SMILES string of the molecule is C/C=N/NC(=S)NNC(=O)CN(CCN(CC(=O)O)CC(=O)NCC(=S)CC(C)(C)C)CC(=O)O.Cc1cccc(OCN(C)CC(C)(C)C)c1. The van der Waals surface area contributed by atoms with Gasteiger partial charge >= 0.3 is 11.9 Å². The molecule has 0 aromatic heterocycles. The number of hydrazone groups is 1. The number of hydrogen-bond donors (Lipinski definition) is 6. The number of thiocarbonyl (C=S) groups is 2. The van der Waals surface area contributed by atoms with Crippen LogP contribution in [0.5, 0.6) is 5.75 Å². The Morgan fingerprint density at radius 3 is 1.94 bits per heavy atom. The van der Waals surface area contributed by atoms with E-state index in [-0.39, 0.29) is 43.3 Å². The van der Waals surface area contributed by atoms with Crippen molar-refractivity contribution in [3.63, 3.8) is 0 Å². The average molecular weight is 755 g/mol. The van der Waals surface area contributed by atoms with E-state index < -0.39 is 36.8 Å². The van der Waals surface area contributed by atoms with Gasteiger partial charge in [-0.05, 0) is 68.1 Å². The highest BCUT2D eigenvalue weighted by Gasteiger charge is 2.20. The number of nitrogens with one attached hydrogen (secondary N) is 4. The fraction of sp³-hybridized carbons (Fsp3) is 0.618. The van der Waals surface area contributed by atoms with E-state index in [4.69, 9.17) is 34.3 Å². The van der Waals surface area contributed by atoms with Crippen molar-refractivity contribution in [2.24, 2.45) is 15.9 Å². The number of nitrogens with zero attached hydrogens (tertiary/aromatic N) is 4. The number of benzene rings is 1. The lowest BCUT2D eigenvalue weighted by molar-refractivity contribution is -0.141. The lowest BCUT2D eigenvalue weighted by atomic mass is 9.90. The molecule has 0 spiro atoms. The first-order valence-electron chi connectivity index (χ1n) is 16.5. The molecule has 0 radical (unpaired) electrons. The maximum Gasteiger partial charge on any atom is 0.317 e. The number of aliphatic carboxylic acids is 2. The van der Waals surface area contributed by atoms with E-state index in [9.17, 15) is 24.3 Å². The molecule has 288 valence electrons.